The first kappa shape index (κ1) is 17.7. The van der Waals surface area contributed by atoms with Crippen molar-refractivity contribution in [3.63, 3.8) is 0 Å². The van der Waals surface area contributed by atoms with Crippen LogP contribution in [0.3, 0.4) is 0 Å². The number of hydrogen-bond donors (Lipinski definition) is 0. The molecule has 2 aromatic carbocycles. The van der Waals surface area contributed by atoms with Crippen molar-refractivity contribution in [2.45, 2.75) is 25.8 Å². The molecule has 132 valence electrons. The van der Waals surface area contributed by atoms with Crippen LogP contribution in [0.4, 0.5) is 8.78 Å². The van der Waals surface area contributed by atoms with E-state index in [0.29, 0.717) is 17.4 Å². The van der Waals surface area contributed by atoms with Crippen LogP contribution in [0.5, 0.6) is 5.75 Å². The van der Waals surface area contributed by atoms with E-state index < -0.39 is 17.7 Å². The Bertz CT molecular complexity index is 775. The van der Waals surface area contributed by atoms with Gasteiger partial charge in [0.25, 0.3) is 0 Å². The summed E-state index contributed by atoms with van der Waals surface area (Å²) in [7, 11) is 0. The fourth-order valence-electron chi connectivity index (χ4n) is 2.57. The number of benzene rings is 2. The van der Waals surface area contributed by atoms with Crippen molar-refractivity contribution in [2.75, 3.05) is 13.2 Å². The first-order valence-corrected chi connectivity index (χ1v) is 8.55. The first-order chi connectivity index (χ1) is 12.1. The second kappa shape index (κ2) is 7.83. The van der Waals surface area contributed by atoms with Crippen molar-refractivity contribution in [1.82, 2.24) is 0 Å². The van der Waals surface area contributed by atoms with Crippen LogP contribution in [0.15, 0.2) is 41.4 Å². The molecule has 1 aliphatic rings. The molecule has 0 radical (unpaired) electrons. The molecule has 1 heterocycles. The van der Waals surface area contributed by atoms with E-state index >= 15 is 0 Å². The number of aliphatic imine (C=N–C) groups is 1. The normalized spacial score (nSPS) is 16.5. The van der Waals surface area contributed by atoms with Crippen molar-refractivity contribution >= 4 is 17.5 Å². The molecule has 0 spiro atoms. The molecule has 25 heavy (non-hydrogen) atoms. The highest BCUT2D eigenvalue weighted by Gasteiger charge is 2.27. The van der Waals surface area contributed by atoms with Gasteiger partial charge in [0.2, 0.25) is 5.90 Å². The summed E-state index contributed by atoms with van der Waals surface area (Å²) in [6.45, 7) is 2.90. The lowest BCUT2D eigenvalue weighted by Gasteiger charge is -2.11. The fourth-order valence-corrected chi connectivity index (χ4v) is 2.87. The molecule has 1 unspecified atom stereocenters. The maximum absolute atomic E-state index is 13.9. The molecule has 0 saturated heterocycles. The zero-order valence-electron chi connectivity index (χ0n) is 13.8. The highest BCUT2D eigenvalue weighted by atomic mass is 35.5. The Morgan fingerprint density at radius 2 is 2.00 bits per heavy atom. The molecule has 0 amide bonds. The van der Waals surface area contributed by atoms with E-state index in [1.165, 1.54) is 18.2 Å². The number of ether oxygens (including phenoxy) is 2. The van der Waals surface area contributed by atoms with Crippen LogP contribution in [-0.4, -0.2) is 19.1 Å². The van der Waals surface area contributed by atoms with Crippen molar-refractivity contribution < 1.29 is 18.3 Å². The van der Waals surface area contributed by atoms with E-state index in [0.717, 1.165) is 18.4 Å². The summed E-state index contributed by atoms with van der Waals surface area (Å²) in [4.78, 5) is 4.31. The predicted octanol–water partition coefficient (Wildman–Crippen LogP) is 5.32. The van der Waals surface area contributed by atoms with E-state index in [4.69, 9.17) is 21.1 Å². The third kappa shape index (κ3) is 3.93. The first-order valence-electron chi connectivity index (χ1n) is 8.17. The zero-order chi connectivity index (χ0) is 17.8. The molecule has 6 heteroatoms. The summed E-state index contributed by atoms with van der Waals surface area (Å²) >= 11 is 6.33. The van der Waals surface area contributed by atoms with Crippen LogP contribution in [0.2, 0.25) is 5.02 Å². The minimum Gasteiger partial charge on any atom is -0.494 e. The van der Waals surface area contributed by atoms with Crippen LogP contribution in [0.25, 0.3) is 0 Å². The number of nitrogens with zero attached hydrogens (tertiary/aromatic N) is 1. The largest absolute Gasteiger partial charge is 0.494 e. The summed E-state index contributed by atoms with van der Waals surface area (Å²) < 4.78 is 38.8. The molecule has 2 aromatic rings. The molecule has 1 atom stereocenters. The smallest absolute Gasteiger partial charge is 0.222 e. The molecule has 1 aliphatic heterocycles. The summed E-state index contributed by atoms with van der Waals surface area (Å²) in [6.07, 6.45) is 2.02. The Morgan fingerprint density at radius 1 is 1.24 bits per heavy atom. The molecule has 0 aliphatic carbocycles. The molecular formula is C19H18ClF2NO2. The predicted molar refractivity (Wildman–Crippen MR) is 93.4 cm³/mol. The summed E-state index contributed by atoms with van der Waals surface area (Å²) in [6, 6.07) is 8.58. The molecule has 3 rings (SSSR count). The van der Waals surface area contributed by atoms with Gasteiger partial charge in [0.15, 0.2) is 0 Å². The SMILES string of the molecule is CCCCOc1ccc(C2COC(c3c(F)cccc3F)=N2)c(Cl)c1. The number of unbranched alkanes of at least 4 members (excludes halogenated alkanes) is 1. The van der Waals surface area contributed by atoms with Gasteiger partial charge in [0.1, 0.15) is 35.6 Å². The average molecular weight is 366 g/mol. The molecule has 3 nitrogen and oxygen atoms in total. The Kier molecular flexibility index (Phi) is 5.53. The van der Waals surface area contributed by atoms with Crippen molar-refractivity contribution in [3.8, 4) is 5.75 Å². The lowest BCUT2D eigenvalue weighted by atomic mass is 10.1. The van der Waals surface area contributed by atoms with Crippen LogP contribution in [-0.2, 0) is 4.74 Å². The standard InChI is InChI=1S/C19H18ClF2NO2/c1-2-3-9-24-12-7-8-13(14(20)10-12)17-11-25-19(23-17)18-15(21)5-4-6-16(18)22/h4-8,10,17H,2-3,9,11H2,1H3. The number of rotatable bonds is 6. The van der Waals surface area contributed by atoms with Gasteiger partial charge in [-0.15, -0.1) is 0 Å². The third-order valence-electron chi connectivity index (χ3n) is 3.93. The molecular weight excluding hydrogens is 348 g/mol. The Balaban J connectivity index is 1.80. The van der Waals surface area contributed by atoms with Gasteiger partial charge in [-0.3, -0.25) is 0 Å². The summed E-state index contributed by atoms with van der Waals surface area (Å²) in [5.74, 6) is -0.763. The average Bonchev–Trinajstić information content (AvgIpc) is 3.04. The van der Waals surface area contributed by atoms with Gasteiger partial charge in [0, 0.05) is 5.02 Å². The van der Waals surface area contributed by atoms with Crippen LogP contribution in [0.1, 0.15) is 36.9 Å². The highest BCUT2D eigenvalue weighted by molar-refractivity contribution is 6.31. The van der Waals surface area contributed by atoms with E-state index in [9.17, 15) is 8.78 Å². The third-order valence-corrected chi connectivity index (χ3v) is 4.25. The van der Waals surface area contributed by atoms with E-state index in [2.05, 4.69) is 11.9 Å². The molecule has 0 N–H and O–H groups in total. The second-order valence-electron chi connectivity index (χ2n) is 5.74. The van der Waals surface area contributed by atoms with E-state index in [1.54, 1.807) is 6.07 Å². The maximum atomic E-state index is 13.9. The quantitative estimate of drug-likeness (QED) is 0.649. The van der Waals surface area contributed by atoms with Gasteiger partial charge in [-0.2, -0.15) is 0 Å². The molecule has 0 saturated carbocycles. The van der Waals surface area contributed by atoms with Gasteiger partial charge in [0.05, 0.1) is 6.61 Å². The molecule has 0 fully saturated rings. The van der Waals surface area contributed by atoms with Crippen LogP contribution >= 0.6 is 11.6 Å². The topological polar surface area (TPSA) is 30.8 Å². The zero-order valence-corrected chi connectivity index (χ0v) is 14.5. The van der Waals surface area contributed by atoms with E-state index in [1.807, 2.05) is 12.1 Å². The van der Waals surface area contributed by atoms with Crippen molar-refractivity contribution in [2.24, 2.45) is 4.99 Å². The Morgan fingerprint density at radius 3 is 2.68 bits per heavy atom. The van der Waals surface area contributed by atoms with Gasteiger partial charge in [-0.1, -0.05) is 37.1 Å². The maximum Gasteiger partial charge on any atom is 0.222 e. The van der Waals surface area contributed by atoms with E-state index in [-0.39, 0.29) is 18.1 Å². The van der Waals surface area contributed by atoms with Gasteiger partial charge >= 0.3 is 0 Å². The van der Waals surface area contributed by atoms with Crippen molar-refractivity contribution in [3.05, 3.63) is 64.2 Å². The van der Waals surface area contributed by atoms with Gasteiger partial charge in [-0.05, 0) is 36.2 Å². The monoisotopic (exact) mass is 365 g/mol. The summed E-state index contributed by atoms with van der Waals surface area (Å²) in [5, 5.41) is 0.488. The minimum absolute atomic E-state index is 0.0417. The lowest BCUT2D eigenvalue weighted by Crippen LogP contribution is -2.07. The van der Waals surface area contributed by atoms with Gasteiger partial charge < -0.3 is 9.47 Å². The Hall–Kier alpha value is -2.14. The minimum atomic E-state index is -0.704. The van der Waals surface area contributed by atoms with Gasteiger partial charge in [-0.25, -0.2) is 13.8 Å². The second-order valence-corrected chi connectivity index (χ2v) is 6.15. The fraction of sp³-hybridized carbons (Fsp3) is 0.316. The van der Waals surface area contributed by atoms with Crippen molar-refractivity contribution in [1.29, 1.82) is 0 Å². The van der Waals surface area contributed by atoms with Crippen LogP contribution in [0, 0.1) is 11.6 Å². The molecule has 0 bridgehead atoms. The van der Waals surface area contributed by atoms with Crippen LogP contribution < -0.4 is 4.74 Å². The molecule has 0 aromatic heterocycles. The number of hydrogen-bond acceptors (Lipinski definition) is 3. The summed E-state index contributed by atoms with van der Waals surface area (Å²) in [5.41, 5.74) is 0.483. The number of halogens is 3. The highest BCUT2D eigenvalue weighted by Crippen LogP contribution is 2.33. The Labute approximate surface area is 150 Å². The lowest BCUT2D eigenvalue weighted by molar-refractivity contribution is 0.308.